The Hall–Kier alpha value is -2.21. The average Bonchev–Trinajstić information content (AvgIpc) is 3.03. The minimum atomic E-state index is -0.159. The van der Waals surface area contributed by atoms with Gasteiger partial charge in [-0.05, 0) is 48.8 Å². The average molecular weight is 386 g/mol. The van der Waals surface area contributed by atoms with Crippen LogP contribution in [0.3, 0.4) is 0 Å². The van der Waals surface area contributed by atoms with E-state index in [1.165, 1.54) is 23.3 Å². The molecule has 2 aromatic rings. The van der Waals surface area contributed by atoms with Crippen LogP contribution in [0.1, 0.15) is 66.5 Å². The van der Waals surface area contributed by atoms with Crippen LogP contribution in [0.4, 0.5) is 5.13 Å². The van der Waals surface area contributed by atoms with Crippen LogP contribution in [0.15, 0.2) is 24.3 Å². The van der Waals surface area contributed by atoms with E-state index < -0.39 is 0 Å². The second kappa shape index (κ2) is 8.21. The molecule has 0 spiro atoms. The zero-order chi connectivity index (χ0) is 19.4. The summed E-state index contributed by atoms with van der Waals surface area (Å²) in [5.74, 6) is -0.280. The lowest BCUT2D eigenvalue weighted by molar-refractivity contribution is -0.116. The normalized spacial score (nSPS) is 13.7. The van der Waals surface area contributed by atoms with Crippen molar-refractivity contribution < 1.29 is 9.59 Å². The van der Waals surface area contributed by atoms with E-state index in [9.17, 15) is 9.59 Å². The number of carbonyl (C=O) groups excluding carboxylic acids is 2. The predicted molar refractivity (Wildman–Crippen MR) is 109 cm³/mol. The first-order chi connectivity index (χ1) is 12.8. The summed E-state index contributed by atoms with van der Waals surface area (Å²) in [6.45, 7) is 6.72. The Morgan fingerprint density at radius 3 is 2.48 bits per heavy atom. The summed E-state index contributed by atoms with van der Waals surface area (Å²) in [5, 5.41) is 6.34. The third-order valence-electron chi connectivity index (χ3n) is 4.74. The summed E-state index contributed by atoms with van der Waals surface area (Å²) >= 11 is 1.57. The molecule has 0 saturated carbocycles. The fourth-order valence-electron chi connectivity index (χ4n) is 3.10. The summed E-state index contributed by atoms with van der Waals surface area (Å²) in [6.07, 6.45) is 4.67. The van der Waals surface area contributed by atoms with E-state index in [1.54, 1.807) is 11.3 Å². The molecule has 0 fully saturated rings. The minimum Gasteiger partial charge on any atom is -0.352 e. The smallest absolute Gasteiger partial charge is 0.251 e. The van der Waals surface area contributed by atoms with Gasteiger partial charge in [-0.3, -0.25) is 9.59 Å². The zero-order valence-corrected chi connectivity index (χ0v) is 17.0. The molecule has 5 nitrogen and oxygen atoms in total. The van der Waals surface area contributed by atoms with E-state index in [2.05, 4.69) is 36.4 Å². The molecule has 0 aliphatic heterocycles. The summed E-state index contributed by atoms with van der Waals surface area (Å²) in [5.41, 5.74) is 2.98. The van der Waals surface area contributed by atoms with Crippen molar-refractivity contribution in [2.75, 3.05) is 11.9 Å². The highest BCUT2D eigenvalue weighted by Crippen LogP contribution is 2.29. The van der Waals surface area contributed by atoms with E-state index in [4.69, 9.17) is 0 Å². The Kier molecular flexibility index (Phi) is 5.95. The third-order valence-corrected chi connectivity index (χ3v) is 5.82. The van der Waals surface area contributed by atoms with Gasteiger partial charge in [0.15, 0.2) is 5.13 Å². The number of hydrogen-bond donors (Lipinski definition) is 2. The molecule has 2 amide bonds. The number of carbonyl (C=O) groups is 2. The number of rotatable bonds is 5. The van der Waals surface area contributed by atoms with Crippen LogP contribution in [-0.4, -0.2) is 23.3 Å². The van der Waals surface area contributed by atoms with Gasteiger partial charge in [-0.25, -0.2) is 4.98 Å². The number of nitrogens with one attached hydrogen (secondary N) is 2. The van der Waals surface area contributed by atoms with Gasteiger partial charge in [0.1, 0.15) is 0 Å². The zero-order valence-electron chi connectivity index (χ0n) is 16.2. The number of benzene rings is 1. The molecule has 0 atom stereocenters. The maximum Gasteiger partial charge on any atom is 0.251 e. The number of aromatic nitrogens is 1. The highest BCUT2D eigenvalue weighted by atomic mass is 32.1. The minimum absolute atomic E-state index is 0.0577. The largest absolute Gasteiger partial charge is 0.352 e. The molecule has 6 heteroatoms. The van der Waals surface area contributed by atoms with Gasteiger partial charge in [0.05, 0.1) is 5.69 Å². The summed E-state index contributed by atoms with van der Waals surface area (Å²) < 4.78 is 0. The van der Waals surface area contributed by atoms with Crippen molar-refractivity contribution in [1.29, 1.82) is 0 Å². The molecule has 0 saturated heterocycles. The van der Waals surface area contributed by atoms with Crippen molar-refractivity contribution in [1.82, 2.24) is 10.3 Å². The SMILES string of the molecule is CC(C)(C)c1ccc(C(=O)NCCC(=O)Nc2nc3c(s2)CCCC3)cc1. The Balaban J connectivity index is 1.45. The number of thiazole rings is 1. The molecule has 2 N–H and O–H groups in total. The van der Waals surface area contributed by atoms with Crippen molar-refractivity contribution in [3.05, 3.63) is 46.0 Å². The molecule has 144 valence electrons. The Bertz CT molecular complexity index is 795. The van der Waals surface area contributed by atoms with E-state index in [-0.39, 0.29) is 23.7 Å². The lowest BCUT2D eigenvalue weighted by Gasteiger charge is -2.19. The molecular formula is C21H27N3O2S. The Labute approximate surface area is 164 Å². The molecule has 3 rings (SSSR count). The Morgan fingerprint density at radius 1 is 1.11 bits per heavy atom. The maximum absolute atomic E-state index is 12.2. The van der Waals surface area contributed by atoms with Crippen molar-refractivity contribution in [2.45, 2.75) is 58.3 Å². The predicted octanol–water partition coefficient (Wildman–Crippen LogP) is 4.08. The lowest BCUT2D eigenvalue weighted by Crippen LogP contribution is -2.27. The van der Waals surface area contributed by atoms with E-state index in [0.717, 1.165) is 18.5 Å². The maximum atomic E-state index is 12.2. The van der Waals surface area contributed by atoms with Crippen LogP contribution in [-0.2, 0) is 23.1 Å². The first kappa shape index (κ1) is 19.5. The molecule has 1 heterocycles. The molecule has 0 unspecified atom stereocenters. The van der Waals surface area contributed by atoms with E-state index >= 15 is 0 Å². The standard InChI is InChI=1S/C21H27N3O2S/c1-21(2,3)15-10-8-14(9-11-15)19(26)22-13-12-18(25)24-20-23-16-6-4-5-7-17(16)27-20/h8-11H,4-7,12-13H2,1-3H3,(H,22,26)(H,23,24,25). The molecule has 1 aromatic heterocycles. The number of hydrogen-bond acceptors (Lipinski definition) is 4. The van der Waals surface area contributed by atoms with Gasteiger partial charge >= 0.3 is 0 Å². The molecule has 27 heavy (non-hydrogen) atoms. The van der Waals surface area contributed by atoms with Gasteiger partial charge < -0.3 is 10.6 Å². The molecular weight excluding hydrogens is 358 g/mol. The van der Waals surface area contributed by atoms with Crippen LogP contribution in [0.25, 0.3) is 0 Å². The fourth-order valence-corrected chi connectivity index (χ4v) is 4.17. The molecule has 1 aliphatic rings. The van der Waals surface area contributed by atoms with Gasteiger partial charge in [0.2, 0.25) is 5.91 Å². The molecule has 1 aromatic carbocycles. The van der Waals surface area contributed by atoms with Crippen LogP contribution in [0, 0.1) is 0 Å². The molecule has 0 radical (unpaired) electrons. The summed E-state index contributed by atoms with van der Waals surface area (Å²) in [4.78, 5) is 30.1. The summed E-state index contributed by atoms with van der Waals surface area (Å²) in [7, 11) is 0. The number of anilines is 1. The number of fused-ring (bicyclic) bond motifs is 1. The van der Waals surface area contributed by atoms with Gasteiger partial charge in [0.25, 0.3) is 5.91 Å². The monoisotopic (exact) mass is 385 g/mol. The van der Waals surface area contributed by atoms with Crippen LogP contribution in [0.5, 0.6) is 0 Å². The second-order valence-corrected chi connectivity index (χ2v) is 9.06. The Morgan fingerprint density at radius 2 is 1.81 bits per heavy atom. The fraction of sp³-hybridized carbons (Fsp3) is 0.476. The summed E-state index contributed by atoms with van der Waals surface area (Å²) in [6, 6.07) is 7.61. The van der Waals surface area contributed by atoms with Gasteiger partial charge in [-0.2, -0.15) is 0 Å². The van der Waals surface area contributed by atoms with Gasteiger partial charge in [0, 0.05) is 23.4 Å². The van der Waals surface area contributed by atoms with Crippen molar-refractivity contribution in [3.8, 4) is 0 Å². The van der Waals surface area contributed by atoms with Crippen molar-refractivity contribution in [2.24, 2.45) is 0 Å². The van der Waals surface area contributed by atoms with Crippen molar-refractivity contribution in [3.63, 3.8) is 0 Å². The van der Waals surface area contributed by atoms with Gasteiger partial charge in [-0.1, -0.05) is 32.9 Å². The second-order valence-electron chi connectivity index (χ2n) is 7.98. The molecule has 0 bridgehead atoms. The topological polar surface area (TPSA) is 71.1 Å². The lowest BCUT2D eigenvalue weighted by atomic mass is 9.87. The highest BCUT2D eigenvalue weighted by molar-refractivity contribution is 7.15. The first-order valence-electron chi connectivity index (χ1n) is 9.50. The van der Waals surface area contributed by atoms with Crippen molar-refractivity contribution >= 4 is 28.3 Å². The number of nitrogens with zero attached hydrogens (tertiary/aromatic N) is 1. The molecule has 1 aliphatic carbocycles. The quantitative estimate of drug-likeness (QED) is 0.815. The van der Waals surface area contributed by atoms with E-state index in [1.807, 2.05) is 24.3 Å². The number of amides is 2. The van der Waals surface area contributed by atoms with Crippen LogP contribution >= 0.6 is 11.3 Å². The van der Waals surface area contributed by atoms with E-state index in [0.29, 0.717) is 17.2 Å². The first-order valence-corrected chi connectivity index (χ1v) is 10.3. The highest BCUT2D eigenvalue weighted by Gasteiger charge is 2.17. The number of aryl methyl sites for hydroxylation is 2. The van der Waals surface area contributed by atoms with Gasteiger partial charge in [-0.15, -0.1) is 11.3 Å². The third kappa shape index (κ3) is 5.16. The van der Waals surface area contributed by atoms with Crippen LogP contribution < -0.4 is 10.6 Å². The van der Waals surface area contributed by atoms with Crippen LogP contribution in [0.2, 0.25) is 0 Å².